The van der Waals surface area contributed by atoms with E-state index >= 15 is 0 Å². The van der Waals surface area contributed by atoms with Crippen molar-refractivity contribution in [1.82, 2.24) is 0 Å². The number of carboxylic acid groups (broad SMARTS) is 1. The van der Waals surface area contributed by atoms with Gasteiger partial charge in [-0.2, -0.15) is 0 Å². The second kappa shape index (κ2) is 8.71. The average Bonchev–Trinajstić information content (AvgIpc) is 3.02. The molecule has 1 heterocycles. The normalized spacial score (nSPS) is 14.3. The number of halogens is 1. The van der Waals surface area contributed by atoms with Crippen LogP contribution in [0.2, 0.25) is 5.02 Å². The summed E-state index contributed by atoms with van der Waals surface area (Å²) in [6.45, 7) is 2.05. The summed E-state index contributed by atoms with van der Waals surface area (Å²) in [6, 6.07) is 3.26. The molecule has 0 aromatic heterocycles. The largest absolute Gasteiger partial charge is 0.477 e. The third kappa shape index (κ3) is 4.63. The molecule has 0 spiro atoms. The summed E-state index contributed by atoms with van der Waals surface area (Å²) >= 11 is 6.26. The zero-order valence-electron chi connectivity index (χ0n) is 14.1. The van der Waals surface area contributed by atoms with Gasteiger partial charge in [-0.25, -0.2) is 4.79 Å². The molecule has 0 amide bonds. The first-order valence-electron chi connectivity index (χ1n) is 7.93. The van der Waals surface area contributed by atoms with Crippen molar-refractivity contribution in [3.8, 4) is 11.5 Å². The van der Waals surface area contributed by atoms with Crippen LogP contribution in [0, 0.1) is 5.92 Å². The molecular weight excluding hydrogens is 350 g/mol. The third-order valence-electron chi connectivity index (χ3n) is 3.87. The Morgan fingerprint density at radius 3 is 2.64 bits per heavy atom. The number of hydrogen-bond acceptors (Lipinski definition) is 6. The number of oxime groups is 1. The number of aliphatic carboxylic acids is 1. The highest BCUT2D eigenvalue weighted by atomic mass is 35.5. The Morgan fingerprint density at radius 2 is 2.04 bits per heavy atom. The van der Waals surface area contributed by atoms with Crippen LogP contribution in [-0.2, 0) is 20.8 Å². The molecule has 2 rings (SSSR count). The maximum atomic E-state index is 12.6. The predicted octanol–water partition coefficient (Wildman–Crippen LogP) is 3.07. The van der Waals surface area contributed by atoms with Crippen LogP contribution in [0.1, 0.15) is 31.7 Å². The van der Waals surface area contributed by atoms with Crippen molar-refractivity contribution >= 4 is 29.1 Å². The van der Waals surface area contributed by atoms with E-state index in [1.807, 2.05) is 6.92 Å². The SMILES string of the molecule is CCCCC(=O)C(Cc1cc2c(cc1Cl)OCO2)C(=NOC)C(=O)O. The number of carboxylic acids is 1. The highest BCUT2D eigenvalue weighted by Gasteiger charge is 2.31. The number of hydrogen-bond donors (Lipinski definition) is 1. The minimum absolute atomic E-state index is 0.0898. The van der Waals surface area contributed by atoms with E-state index in [9.17, 15) is 14.7 Å². The van der Waals surface area contributed by atoms with E-state index in [0.717, 1.165) is 6.42 Å². The van der Waals surface area contributed by atoms with Gasteiger partial charge in [0, 0.05) is 17.5 Å². The van der Waals surface area contributed by atoms with Crippen LogP contribution in [0.25, 0.3) is 0 Å². The van der Waals surface area contributed by atoms with E-state index in [2.05, 4.69) is 9.99 Å². The molecule has 25 heavy (non-hydrogen) atoms. The van der Waals surface area contributed by atoms with Gasteiger partial charge in [0.2, 0.25) is 6.79 Å². The Balaban J connectivity index is 2.34. The van der Waals surface area contributed by atoms with Gasteiger partial charge >= 0.3 is 5.97 Å². The van der Waals surface area contributed by atoms with Gasteiger partial charge in [0.25, 0.3) is 0 Å². The maximum Gasteiger partial charge on any atom is 0.354 e. The molecule has 0 aliphatic carbocycles. The van der Waals surface area contributed by atoms with Crippen LogP contribution in [0.5, 0.6) is 11.5 Å². The number of unbranched alkanes of at least 4 members (excludes halogenated alkanes) is 1. The van der Waals surface area contributed by atoms with E-state index < -0.39 is 11.9 Å². The van der Waals surface area contributed by atoms with Crippen molar-refractivity contribution < 1.29 is 29.0 Å². The van der Waals surface area contributed by atoms with Crippen molar-refractivity contribution in [2.75, 3.05) is 13.9 Å². The van der Waals surface area contributed by atoms with Crippen molar-refractivity contribution in [2.24, 2.45) is 11.1 Å². The van der Waals surface area contributed by atoms with Gasteiger partial charge in [-0.05, 0) is 24.5 Å². The molecule has 0 saturated carbocycles. The summed E-state index contributed by atoms with van der Waals surface area (Å²) in [5.74, 6) is -1.43. The molecule has 1 aliphatic heterocycles. The Bertz CT molecular complexity index is 688. The van der Waals surface area contributed by atoms with Gasteiger partial charge < -0.3 is 19.4 Å². The van der Waals surface area contributed by atoms with Gasteiger partial charge in [0.05, 0.1) is 5.92 Å². The fourth-order valence-electron chi connectivity index (χ4n) is 2.57. The molecule has 136 valence electrons. The van der Waals surface area contributed by atoms with E-state index in [1.54, 1.807) is 12.1 Å². The van der Waals surface area contributed by atoms with E-state index in [4.69, 9.17) is 21.1 Å². The Morgan fingerprint density at radius 1 is 1.36 bits per heavy atom. The summed E-state index contributed by atoms with van der Waals surface area (Å²) in [5.41, 5.74) is 0.253. The molecule has 1 aliphatic rings. The van der Waals surface area contributed by atoms with Gasteiger partial charge in [0.1, 0.15) is 12.9 Å². The minimum Gasteiger partial charge on any atom is -0.477 e. The molecule has 0 radical (unpaired) electrons. The highest BCUT2D eigenvalue weighted by molar-refractivity contribution is 6.40. The lowest BCUT2D eigenvalue weighted by Crippen LogP contribution is -2.32. The Kier molecular flexibility index (Phi) is 6.64. The number of benzene rings is 1. The third-order valence-corrected chi connectivity index (χ3v) is 4.22. The molecule has 1 atom stereocenters. The molecule has 7 nitrogen and oxygen atoms in total. The first kappa shape index (κ1) is 19.1. The molecule has 1 unspecified atom stereocenters. The van der Waals surface area contributed by atoms with Crippen LogP contribution < -0.4 is 9.47 Å². The fourth-order valence-corrected chi connectivity index (χ4v) is 2.80. The van der Waals surface area contributed by atoms with Gasteiger partial charge in [0.15, 0.2) is 17.2 Å². The zero-order valence-corrected chi connectivity index (χ0v) is 14.8. The van der Waals surface area contributed by atoms with Gasteiger partial charge in [-0.1, -0.05) is 30.1 Å². The second-order valence-electron chi connectivity index (χ2n) is 5.59. The minimum atomic E-state index is -1.30. The van der Waals surface area contributed by atoms with E-state index in [-0.39, 0.29) is 31.1 Å². The second-order valence-corrected chi connectivity index (χ2v) is 5.99. The summed E-state index contributed by atoms with van der Waals surface area (Å²) in [4.78, 5) is 28.7. The summed E-state index contributed by atoms with van der Waals surface area (Å²) < 4.78 is 10.6. The van der Waals surface area contributed by atoms with Crippen molar-refractivity contribution in [3.05, 3.63) is 22.7 Å². The van der Waals surface area contributed by atoms with Crippen molar-refractivity contribution in [1.29, 1.82) is 0 Å². The van der Waals surface area contributed by atoms with Crippen LogP contribution in [0.4, 0.5) is 0 Å². The lowest BCUT2D eigenvalue weighted by molar-refractivity contribution is -0.131. The first-order valence-corrected chi connectivity index (χ1v) is 8.30. The van der Waals surface area contributed by atoms with Crippen LogP contribution >= 0.6 is 11.6 Å². The van der Waals surface area contributed by atoms with Crippen molar-refractivity contribution in [3.63, 3.8) is 0 Å². The fraction of sp³-hybridized carbons (Fsp3) is 0.471. The topological polar surface area (TPSA) is 94.4 Å². The van der Waals surface area contributed by atoms with Gasteiger partial charge in [-0.3, -0.25) is 4.79 Å². The van der Waals surface area contributed by atoms with E-state index in [1.165, 1.54) is 7.11 Å². The molecule has 8 heteroatoms. The molecular formula is C17H20ClNO6. The number of carbonyl (C=O) groups excluding carboxylic acids is 1. The monoisotopic (exact) mass is 369 g/mol. The maximum absolute atomic E-state index is 12.6. The molecule has 1 N–H and O–H groups in total. The number of rotatable bonds is 9. The molecule has 1 aromatic rings. The van der Waals surface area contributed by atoms with Gasteiger partial charge in [-0.15, -0.1) is 0 Å². The standard InChI is InChI=1S/C17H20ClNO6/c1-3-4-5-13(20)11(16(17(21)22)19-23-2)6-10-7-14-15(8-12(10)18)25-9-24-14/h7-8,11H,3-6,9H2,1-2H3,(H,21,22). The summed E-state index contributed by atoms with van der Waals surface area (Å²) in [7, 11) is 1.24. The predicted molar refractivity (Wildman–Crippen MR) is 91.4 cm³/mol. The number of fused-ring (bicyclic) bond motifs is 1. The summed E-state index contributed by atoms with van der Waals surface area (Å²) in [6.07, 6.45) is 1.85. The Hall–Kier alpha value is -2.28. The van der Waals surface area contributed by atoms with Crippen molar-refractivity contribution in [2.45, 2.75) is 32.6 Å². The number of nitrogens with zero attached hydrogens (tertiary/aromatic N) is 1. The Labute approximate surface area is 150 Å². The average molecular weight is 370 g/mol. The van der Waals surface area contributed by atoms with Crippen LogP contribution in [-0.4, -0.2) is 36.5 Å². The quantitative estimate of drug-likeness (QED) is 0.531. The number of Topliss-reactive ketones (excluding diaryl/α,β-unsaturated/α-hetero) is 1. The number of ketones is 1. The number of ether oxygens (including phenoxy) is 2. The molecule has 0 fully saturated rings. The first-order chi connectivity index (χ1) is 12.0. The summed E-state index contributed by atoms with van der Waals surface area (Å²) in [5, 5.41) is 13.3. The van der Waals surface area contributed by atoms with Crippen LogP contribution in [0.3, 0.4) is 0 Å². The number of carbonyl (C=O) groups is 2. The lowest BCUT2D eigenvalue weighted by Gasteiger charge is -2.16. The van der Waals surface area contributed by atoms with E-state index in [0.29, 0.717) is 28.5 Å². The smallest absolute Gasteiger partial charge is 0.354 e. The molecule has 0 saturated heterocycles. The van der Waals surface area contributed by atoms with Crippen LogP contribution in [0.15, 0.2) is 17.3 Å². The zero-order chi connectivity index (χ0) is 18.4. The molecule has 0 bridgehead atoms. The highest BCUT2D eigenvalue weighted by Crippen LogP contribution is 2.37. The molecule has 1 aromatic carbocycles. The lowest BCUT2D eigenvalue weighted by atomic mass is 9.88.